The van der Waals surface area contributed by atoms with Crippen LogP contribution in [0.15, 0.2) is 42.6 Å². The molecule has 0 aliphatic carbocycles. The van der Waals surface area contributed by atoms with Crippen LogP contribution in [0.1, 0.15) is 12.5 Å². The van der Waals surface area contributed by atoms with Crippen LogP contribution < -0.4 is 15.4 Å². The van der Waals surface area contributed by atoms with Gasteiger partial charge in [-0.1, -0.05) is 12.1 Å². The summed E-state index contributed by atoms with van der Waals surface area (Å²) in [5, 5.41) is 9.06. The number of anilines is 2. The maximum Gasteiger partial charge on any atom is 0.249 e. The van der Waals surface area contributed by atoms with Crippen molar-refractivity contribution < 1.29 is 27.5 Å². The lowest BCUT2D eigenvalue weighted by Crippen LogP contribution is -2.36. The number of methoxy groups -OCH3 is 1. The number of amides is 2. The van der Waals surface area contributed by atoms with Crippen LogP contribution in [0.3, 0.4) is 0 Å². The van der Waals surface area contributed by atoms with E-state index in [1.807, 2.05) is 0 Å². The van der Waals surface area contributed by atoms with E-state index < -0.39 is 41.0 Å². The minimum absolute atomic E-state index is 0.256. The van der Waals surface area contributed by atoms with E-state index in [0.717, 1.165) is 11.6 Å². The topological polar surface area (TPSA) is 85.2 Å². The number of ether oxygens (including phenoxy) is 1. The third-order valence-corrected chi connectivity index (χ3v) is 4.72. The number of hydrogen-bond acceptors (Lipinski definition) is 4. The van der Waals surface area contributed by atoms with Crippen LogP contribution in [0.5, 0.6) is 5.75 Å². The average molecular weight is 416 g/mol. The predicted octanol–water partition coefficient (Wildman–Crippen LogP) is 3.50. The summed E-state index contributed by atoms with van der Waals surface area (Å²) in [5.41, 5.74) is 0.765. The number of benzene rings is 2. The summed E-state index contributed by atoms with van der Waals surface area (Å²) in [5.74, 6) is -4.89. The lowest BCUT2D eigenvalue weighted by atomic mass is 10.1. The summed E-state index contributed by atoms with van der Waals surface area (Å²) in [6.45, 7) is 0. The van der Waals surface area contributed by atoms with E-state index in [0.29, 0.717) is 23.2 Å². The van der Waals surface area contributed by atoms with Crippen LogP contribution in [0.2, 0.25) is 0 Å². The number of carbonyl (C=O) groups is 2. The predicted molar refractivity (Wildman–Crippen MR) is 101 cm³/mol. The molecule has 1 aliphatic rings. The Labute approximate surface area is 168 Å². The van der Waals surface area contributed by atoms with Crippen LogP contribution >= 0.6 is 0 Å². The van der Waals surface area contributed by atoms with E-state index in [-0.39, 0.29) is 6.42 Å². The van der Waals surface area contributed by atoms with Crippen molar-refractivity contribution in [2.24, 2.45) is 0 Å². The fourth-order valence-corrected chi connectivity index (χ4v) is 3.19. The second-order valence-electron chi connectivity index (χ2n) is 6.56. The van der Waals surface area contributed by atoms with Gasteiger partial charge >= 0.3 is 0 Å². The SMILES string of the molecule is COc1ccc(-c2cnn3c2NC(=O)C[C@@H]3C(=O)Nc2ccc(F)c(F)c2F)cc1. The van der Waals surface area contributed by atoms with Gasteiger partial charge in [0.15, 0.2) is 17.5 Å². The molecular weight excluding hydrogens is 401 g/mol. The molecule has 1 aromatic heterocycles. The molecule has 3 aromatic rings. The number of nitrogens with zero attached hydrogens (tertiary/aromatic N) is 2. The Morgan fingerprint density at radius 1 is 1.17 bits per heavy atom. The van der Waals surface area contributed by atoms with Gasteiger partial charge in [-0.05, 0) is 29.8 Å². The Kier molecular flexibility index (Phi) is 4.90. The normalized spacial score (nSPS) is 15.3. The third-order valence-electron chi connectivity index (χ3n) is 4.72. The summed E-state index contributed by atoms with van der Waals surface area (Å²) in [6.07, 6.45) is 1.23. The second-order valence-corrected chi connectivity index (χ2v) is 6.56. The number of nitrogens with one attached hydrogen (secondary N) is 2. The molecule has 2 aromatic carbocycles. The first-order valence-corrected chi connectivity index (χ1v) is 8.85. The quantitative estimate of drug-likeness (QED) is 0.638. The largest absolute Gasteiger partial charge is 0.497 e. The summed E-state index contributed by atoms with van der Waals surface area (Å²) in [6, 6.07) is 7.50. The standard InChI is InChI=1S/C20H15F3N4O3/c1-30-11-4-2-10(3-5-11)12-9-24-27-15(8-16(28)26-19(12)27)20(29)25-14-7-6-13(21)17(22)18(14)23/h2-7,9,15H,8H2,1H3,(H,25,29)(H,26,28)/t15-/m1/s1. The van der Waals surface area contributed by atoms with E-state index in [1.165, 1.54) is 18.0 Å². The summed E-state index contributed by atoms with van der Waals surface area (Å²) >= 11 is 0. The number of rotatable bonds is 4. The molecule has 0 fully saturated rings. The lowest BCUT2D eigenvalue weighted by molar-refractivity contribution is -0.125. The van der Waals surface area contributed by atoms with Crippen molar-refractivity contribution in [1.29, 1.82) is 0 Å². The van der Waals surface area contributed by atoms with Gasteiger partial charge in [-0.3, -0.25) is 9.59 Å². The van der Waals surface area contributed by atoms with Crippen molar-refractivity contribution in [2.45, 2.75) is 12.5 Å². The second kappa shape index (κ2) is 7.54. The number of hydrogen-bond donors (Lipinski definition) is 2. The molecule has 30 heavy (non-hydrogen) atoms. The maximum absolute atomic E-state index is 13.9. The van der Waals surface area contributed by atoms with Crippen LogP contribution in [0.25, 0.3) is 11.1 Å². The Balaban J connectivity index is 1.65. The van der Waals surface area contributed by atoms with E-state index in [2.05, 4.69) is 15.7 Å². The van der Waals surface area contributed by atoms with Gasteiger partial charge in [0.05, 0.1) is 25.4 Å². The Bertz CT molecular complexity index is 1140. The number of halogens is 3. The minimum atomic E-state index is -1.70. The fraction of sp³-hybridized carbons (Fsp3) is 0.150. The molecule has 0 saturated carbocycles. The van der Waals surface area contributed by atoms with Crippen molar-refractivity contribution in [3.8, 4) is 16.9 Å². The zero-order chi connectivity index (χ0) is 21.4. The molecule has 7 nitrogen and oxygen atoms in total. The van der Waals surface area contributed by atoms with Crippen molar-refractivity contribution in [1.82, 2.24) is 9.78 Å². The highest BCUT2D eigenvalue weighted by molar-refractivity contribution is 6.03. The molecule has 2 N–H and O–H groups in total. The van der Waals surface area contributed by atoms with E-state index >= 15 is 0 Å². The summed E-state index contributed by atoms with van der Waals surface area (Å²) in [4.78, 5) is 24.9. The van der Waals surface area contributed by atoms with E-state index in [4.69, 9.17) is 4.74 Å². The van der Waals surface area contributed by atoms with Crippen molar-refractivity contribution in [3.05, 3.63) is 60.0 Å². The number of carbonyl (C=O) groups excluding carboxylic acids is 2. The molecule has 0 spiro atoms. The van der Waals surface area contributed by atoms with Gasteiger partial charge in [0.25, 0.3) is 0 Å². The van der Waals surface area contributed by atoms with E-state index in [9.17, 15) is 22.8 Å². The van der Waals surface area contributed by atoms with E-state index in [1.54, 1.807) is 24.3 Å². The highest BCUT2D eigenvalue weighted by Gasteiger charge is 2.33. The van der Waals surface area contributed by atoms with Crippen LogP contribution in [0.4, 0.5) is 24.7 Å². The van der Waals surface area contributed by atoms with Gasteiger partial charge in [0.1, 0.15) is 17.6 Å². The molecule has 4 rings (SSSR count). The average Bonchev–Trinajstić information content (AvgIpc) is 3.17. The number of aromatic nitrogens is 2. The molecule has 0 bridgehead atoms. The highest BCUT2D eigenvalue weighted by Crippen LogP contribution is 2.35. The third kappa shape index (κ3) is 3.36. The van der Waals surface area contributed by atoms with Crippen LogP contribution in [-0.2, 0) is 9.59 Å². The Morgan fingerprint density at radius 3 is 2.60 bits per heavy atom. The van der Waals surface area contributed by atoms with Gasteiger partial charge in [-0.2, -0.15) is 5.10 Å². The van der Waals surface area contributed by atoms with Gasteiger partial charge in [0, 0.05) is 5.56 Å². The van der Waals surface area contributed by atoms with Crippen molar-refractivity contribution in [3.63, 3.8) is 0 Å². The molecule has 1 aliphatic heterocycles. The lowest BCUT2D eigenvalue weighted by Gasteiger charge is -2.24. The smallest absolute Gasteiger partial charge is 0.249 e. The zero-order valence-electron chi connectivity index (χ0n) is 15.6. The van der Waals surface area contributed by atoms with Gasteiger partial charge in [-0.25, -0.2) is 17.9 Å². The van der Waals surface area contributed by atoms with Crippen LogP contribution in [0, 0.1) is 17.5 Å². The summed E-state index contributed by atoms with van der Waals surface area (Å²) < 4.78 is 46.9. The monoisotopic (exact) mass is 416 g/mol. The summed E-state index contributed by atoms with van der Waals surface area (Å²) in [7, 11) is 1.54. The van der Waals surface area contributed by atoms with Crippen molar-refractivity contribution >= 4 is 23.3 Å². The number of fused-ring (bicyclic) bond motifs is 1. The Hall–Kier alpha value is -3.82. The fourth-order valence-electron chi connectivity index (χ4n) is 3.19. The highest BCUT2D eigenvalue weighted by atomic mass is 19.2. The minimum Gasteiger partial charge on any atom is -0.497 e. The first-order chi connectivity index (χ1) is 14.4. The molecule has 10 heteroatoms. The molecule has 0 unspecified atom stereocenters. The van der Waals surface area contributed by atoms with Crippen LogP contribution in [-0.4, -0.2) is 28.7 Å². The molecule has 0 saturated heterocycles. The first kappa shape index (κ1) is 19.5. The maximum atomic E-state index is 13.9. The molecule has 2 heterocycles. The first-order valence-electron chi connectivity index (χ1n) is 8.85. The van der Waals surface area contributed by atoms with Gasteiger partial charge in [0.2, 0.25) is 11.8 Å². The van der Waals surface area contributed by atoms with Gasteiger partial charge in [-0.15, -0.1) is 0 Å². The molecule has 1 atom stereocenters. The molecular formula is C20H15F3N4O3. The molecule has 0 radical (unpaired) electrons. The Morgan fingerprint density at radius 2 is 1.90 bits per heavy atom. The van der Waals surface area contributed by atoms with Crippen molar-refractivity contribution in [2.75, 3.05) is 17.7 Å². The molecule has 2 amide bonds. The van der Waals surface area contributed by atoms with Gasteiger partial charge < -0.3 is 15.4 Å². The molecule has 154 valence electrons. The zero-order valence-corrected chi connectivity index (χ0v) is 15.6.